The van der Waals surface area contributed by atoms with Crippen molar-refractivity contribution in [1.82, 2.24) is 15.5 Å². The van der Waals surface area contributed by atoms with E-state index in [1.54, 1.807) is 0 Å². The highest BCUT2D eigenvalue weighted by atomic mass is 35.5. The first kappa shape index (κ1) is 17.2. The molecule has 4 rings (SSSR count). The molecule has 1 aliphatic heterocycles. The molecule has 6 nitrogen and oxygen atoms in total. The molecule has 4 N–H and O–H groups in total. The van der Waals surface area contributed by atoms with Gasteiger partial charge in [0.2, 0.25) is 0 Å². The SMILES string of the molecule is NC(=O)c1nnc(NC2CCCNC2)c2cc(-c3ccc(Cl)cc3)sc12. The molecule has 0 spiro atoms. The second-order valence-corrected chi connectivity index (χ2v) is 7.80. The normalized spacial score (nSPS) is 17.3. The fourth-order valence-electron chi connectivity index (χ4n) is 3.13. The van der Waals surface area contributed by atoms with Crippen molar-refractivity contribution in [3.63, 3.8) is 0 Å². The number of aromatic nitrogens is 2. The Labute approximate surface area is 159 Å². The Morgan fingerprint density at radius 2 is 2.12 bits per heavy atom. The van der Waals surface area contributed by atoms with E-state index in [1.807, 2.05) is 30.3 Å². The quantitative estimate of drug-likeness (QED) is 0.638. The Hall–Kier alpha value is -2.22. The predicted molar refractivity (Wildman–Crippen MR) is 106 cm³/mol. The fourth-order valence-corrected chi connectivity index (χ4v) is 4.41. The van der Waals surface area contributed by atoms with Crippen molar-refractivity contribution in [3.8, 4) is 10.4 Å². The highest BCUT2D eigenvalue weighted by Crippen LogP contribution is 2.38. The van der Waals surface area contributed by atoms with Gasteiger partial charge < -0.3 is 16.4 Å². The highest BCUT2D eigenvalue weighted by molar-refractivity contribution is 7.22. The summed E-state index contributed by atoms with van der Waals surface area (Å²) in [5.74, 6) is 0.119. The Bertz CT molecular complexity index is 950. The second kappa shape index (κ2) is 7.19. The average molecular weight is 388 g/mol. The molecular weight excluding hydrogens is 370 g/mol. The second-order valence-electron chi connectivity index (χ2n) is 6.31. The van der Waals surface area contributed by atoms with Crippen molar-refractivity contribution in [1.29, 1.82) is 0 Å². The van der Waals surface area contributed by atoms with Crippen molar-refractivity contribution in [2.45, 2.75) is 18.9 Å². The molecule has 0 saturated carbocycles. The topological polar surface area (TPSA) is 92.9 Å². The molecule has 26 heavy (non-hydrogen) atoms. The van der Waals surface area contributed by atoms with E-state index in [0.29, 0.717) is 16.9 Å². The van der Waals surface area contributed by atoms with Crippen LogP contribution >= 0.6 is 22.9 Å². The number of nitrogens with one attached hydrogen (secondary N) is 2. The van der Waals surface area contributed by atoms with Gasteiger partial charge in [0, 0.05) is 27.9 Å². The standard InChI is InChI=1S/C18H18ClN5OS/c19-11-5-3-10(4-6-11)14-8-13-16(26-14)15(17(20)25)23-24-18(13)22-12-2-1-7-21-9-12/h3-6,8,12,21H,1-2,7,9H2,(H2,20,25)(H,22,24). The zero-order chi connectivity index (χ0) is 18.1. The molecular formula is C18H18ClN5OS. The maximum absolute atomic E-state index is 11.8. The van der Waals surface area contributed by atoms with Crippen LogP contribution in [0.25, 0.3) is 20.5 Å². The van der Waals surface area contributed by atoms with Crippen molar-refractivity contribution < 1.29 is 4.79 Å². The van der Waals surface area contributed by atoms with Gasteiger partial charge in [0.05, 0.1) is 4.70 Å². The summed E-state index contributed by atoms with van der Waals surface area (Å²) >= 11 is 7.47. The fraction of sp³-hybridized carbons (Fsp3) is 0.278. The number of halogens is 1. The summed E-state index contributed by atoms with van der Waals surface area (Å²) in [7, 11) is 0. The van der Waals surface area contributed by atoms with Crippen molar-refractivity contribution in [2.75, 3.05) is 18.4 Å². The first-order chi connectivity index (χ1) is 12.6. The van der Waals surface area contributed by atoms with Gasteiger partial charge in [-0.3, -0.25) is 4.79 Å². The van der Waals surface area contributed by atoms with Crippen molar-refractivity contribution in [3.05, 3.63) is 41.0 Å². The zero-order valence-corrected chi connectivity index (χ0v) is 15.5. The van der Waals surface area contributed by atoms with Crippen molar-refractivity contribution in [2.24, 2.45) is 5.73 Å². The highest BCUT2D eigenvalue weighted by Gasteiger charge is 2.20. The van der Waals surface area contributed by atoms with Gasteiger partial charge >= 0.3 is 0 Å². The molecule has 1 amide bonds. The summed E-state index contributed by atoms with van der Waals surface area (Å²) in [6.07, 6.45) is 2.19. The van der Waals surface area contributed by atoms with E-state index in [0.717, 1.165) is 46.5 Å². The summed E-state index contributed by atoms with van der Waals surface area (Å²) < 4.78 is 0.753. The number of primary amides is 1. The largest absolute Gasteiger partial charge is 0.364 e. The number of hydrogen-bond acceptors (Lipinski definition) is 6. The number of nitrogens with two attached hydrogens (primary N) is 1. The third-order valence-corrected chi connectivity index (χ3v) is 5.89. The molecule has 0 radical (unpaired) electrons. The third-order valence-electron chi connectivity index (χ3n) is 4.45. The maximum Gasteiger partial charge on any atom is 0.270 e. The van der Waals surface area contributed by atoms with Crippen LogP contribution in [-0.4, -0.2) is 35.2 Å². The van der Waals surface area contributed by atoms with Gasteiger partial charge in [-0.25, -0.2) is 0 Å². The number of piperidine rings is 1. The number of rotatable bonds is 4. The molecule has 0 aliphatic carbocycles. The van der Waals surface area contributed by atoms with Gasteiger partial charge in [0.25, 0.3) is 5.91 Å². The van der Waals surface area contributed by atoms with Crippen LogP contribution in [0.1, 0.15) is 23.3 Å². The summed E-state index contributed by atoms with van der Waals surface area (Å²) in [6, 6.07) is 9.92. The van der Waals surface area contributed by atoms with Crippen LogP contribution in [0.2, 0.25) is 5.02 Å². The lowest BCUT2D eigenvalue weighted by molar-refractivity contribution is 0.0996. The summed E-state index contributed by atoms with van der Waals surface area (Å²) in [5.41, 5.74) is 6.73. The molecule has 1 unspecified atom stereocenters. The smallest absolute Gasteiger partial charge is 0.270 e. The monoisotopic (exact) mass is 387 g/mol. The van der Waals surface area contributed by atoms with Crippen LogP contribution in [0.4, 0.5) is 5.82 Å². The van der Waals surface area contributed by atoms with Crippen LogP contribution in [0.3, 0.4) is 0 Å². The van der Waals surface area contributed by atoms with Crippen LogP contribution in [0.15, 0.2) is 30.3 Å². The Morgan fingerprint density at radius 1 is 1.31 bits per heavy atom. The first-order valence-corrected chi connectivity index (χ1v) is 9.64. The van der Waals surface area contributed by atoms with Crippen molar-refractivity contribution >= 4 is 44.7 Å². The summed E-state index contributed by atoms with van der Waals surface area (Å²) in [5, 5.41) is 16.7. The number of fused-ring (bicyclic) bond motifs is 1. The first-order valence-electron chi connectivity index (χ1n) is 8.45. The minimum Gasteiger partial charge on any atom is -0.364 e. The van der Waals surface area contributed by atoms with E-state index in [2.05, 4.69) is 20.8 Å². The van der Waals surface area contributed by atoms with Crippen LogP contribution in [0.5, 0.6) is 0 Å². The van der Waals surface area contributed by atoms with Gasteiger partial charge in [-0.05, 0) is 43.1 Å². The minimum atomic E-state index is -0.571. The Kier molecular flexibility index (Phi) is 4.76. The molecule has 8 heteroatoms. The molecule has 1 fully saturated rings. The van der Waals surface area contributed by atoms with E-state index in [-0.39, 0.29) is 5.69 Å². The number of benzene rings is 1. The van der Waals surface area contributed by atoms with Crippen LogP contribution in [-0.2, 0) is 0 Å². The maximum atomic E-state index is 11.8. The van der Waals surface area contributed by atoms with Crippen LogP contribution < -0.4 is 16.4 Å². The minimum absolute atomic E-state index is 0.206. The number of thiophene rings is 1. The van der Waals surface area contributed by atoms with Gasteiger partial charge in [0.1, 0.15) is 0 Å². The summed E-state index contributed by atoms with van der Waals surface area (Å²) in [4.78, 5) is 12.8. The molecule has 1 saturated heterocycles. The summed E-state index contributed by atoms with van der Waals surface area (Å²) in [6.45, 7) is 1.92. The molecule has 2 aromatic heterocycles. The number of carbonyl (C=O) groups is 1. The van der Waals surface area contributed by atoms with Gasteiger partial charge in [-0.15, -0.1) is 21.5 Å². The van der Waals surface area contributed by atoms with E-state index in [4.69, 9.17) is 17.3 Å². The number of nitrogens with zero attached hydrogens (tertiary/aromatic N) is 2. The molecule has 134 valence electrons. The van der Waals surface area contributed by atoms with E-state index in [9.17, 15) is 4.79 Å². The molecule has 1 aromatic carbocycles. The molecule has 1 atom stereocenters. The lowest BCUT2D eigenvalue weighted by Crippen LogP contribution is -2.38. The lowest BCUT2D eigenvalue weighted by atomic mass is 10.1. The number of carbonyl (C=O) groups excluding carboxylic acids is 1. The Morgan fingerprint density at radius 3 is 2.81 bits per heavy atom. The molecule has 3 aromatic rings. The van der Waals surface area contributed by atoms with E-state index >= 15 is 0 Å². The zero-order valence-electron chi connectivity index (χ0n) is 14.0. The Balaban J connectivity index is 1.78. The van der Waals surface area contributed by atoms with Gasteiger partial charge in [-0.2, -0.15) is 0 Å². The molecule has 0 bridgehead atoms. The predicted octanol–water partition coefficient (Wildman–Crippen LogP) is 3.27. The molecule has 3 heterocycles. The average Bonchev–Trinajstić information content (AvgIpc) is 3.09. The molecule has 1 aliphatic rings. The number of anilines is 1. The lowest BCUT2D eigenvalue weighted by Gasteiger charge is -2.24. The van der Waals surface area contributed by atoms with Gasteiger partial charge in [-0.1, -0.05) is 23.7 Å². The number of hydrogen-bond donors (Lipinski definition) is 3. The van der Waals surface area contributed by atoms with E-state index in [1.165, 1.54) is 11.3 Å². The van der Waals surface area contributed by atoms with Crippen LogP contribution in [0, 0.1) is 0 Å². The number of amides is 1. The van der Waals surface area contributed by atoms with E-state index < -0.39 is 5.91 Å². The van der Waals surface area contributed by atoms with Gasteiger partial charge in [0.15, 0.2) is 11.5 Å². The third kappa shape index (κ3) is 3.38.